The zero-order valence-electron chi connectivity index (χ0n) is 18.0. The fourth-order valence-corrected chi connectivity index (χ4v) is 4.02. The Labute approximate surface area is 168 Å². The minimum Gasteiger partial charge on any atom is -0.394 e. The van der Waals surface area contributed by atoms with Crippen LogP contribution in [0.1, 0.15) is 116 Å². The smallest absolute Gasteiger partial charge is 0.222 e. The van der Waals surface area contributed by atoms with E-state index in [1.165, 1.54) is 77.0 Å². The van der Waals surface area contributed by atoms with Crippen molar-refractivity contribution in [1.82, 2.24) is 4.90 Å². The quantitative estimate of drug-likeness (QED) is 0.235. The van der Waals surface area contributed by atoms with E-state index in [1.807, 2.05) is 4.90 Å². The topological polar surface area (TPSA) is 40.5 Å². The van der Waals surface area contributed by atoms with Crippen LogP contribution < -0.4 is 0 Å². The first kappa shape index (κ1) is 24.2. The van der Waals surface area contributed by atoms with E-state index in [9.17, 15) is 9.90 Å². The van der Waals surface area contributed by atoms with E-state index in [-0.39, 0.29) is 18.6 Å². The van der Waals surface area contributed by atoms with Crippen LogP contribution in [0.15, 0.2) is 12.2 Å². The van der Waals surface area contributed by atoms with Crippen LogP contribution in [0, 0.1) is 0 Å². The molecule has 1 aliphatic heterocycles. The van der Waals surface area contributed by atoms with Gasteiger partial charge in [-0.2, -0.15) is 0 Å². The first-order chi connectivity index (χ1) is 13.3. The summed E-state index contributed by atoms with van der Waals surface area (Å²) >= 11 is 0. The lowest BCUT2D eigenvalue weighted by Gasteiger charge is -2.22. The lowest BCUT2D eigenvalue weighted by molar-refractivity contribution is -0.132. The van der Waals surface area contributed by atoms with Crippen molar-refractivity contribution >= 4 is 5.91 Å². The third-order valence-electron chi connectivity index (χ3n) is 5.81. The van der Waals surface area contributed by atoms with E-state index in [1.54, 1.807) is 0 Å². The summed E-state index contributed by atoms with van der Waals surface area (Å²) in [5, 5.41) is 9.30. The van der Waals surface area contributed by atoms with Crippen LogP contribution in [-0.2, 0) is 4.79 Å². The number of allylic oxidation sites excluding steroid dienone is 2. The van der Waals surface area contributed by atoms with Gasteiger partial charge in [0.2, 0.25) is 5.91 Å². The molecule has 1 heterocycles. The van der Waals surface area contributed by atoms with Crippen molar-refractivity contribution in [1.29, 1.82) is 0 Å². The van der Waals surface area contributed by atoms with Gasteiger partial charge < -0.3 is 10.0 Å². The maximum atomic E-state index is 12.2. The van der Waals surface area contributed by atoms with Crippen molar-refractivity contribution in [3.63, 3.8) is 0 Å². The number of carbonyl (C=O) groups is 1. The van der Waals surface area contributed by atoms with Crippen LogP contribution in [-0.4, -0.2) is 35.1 Å². The monoisotopic (exact) mass is 379 g/mol. The van der Waals surface area contributed by atoms with Gasteiger partial charge in [-0.25, -0.2) is 0 Å². The highest BCUT2D eigenvalue weighted by Gasteiger charge is 2.27. The molecule has 0 aliphatic carbocycles. The van der Waals surface area contributed by atoms with Crippen LogP contribution in [0.2, 0.25) is 0 Å². The fourth-order valence-electron chi connectivity index (χ4n) is 4.02. The van der Waals surface area contributed by atoms with Crippen molar-refractivity contribution in [2.75, 3.05) is 13.2 Å². The van der Waals surface area contributed by atoms with Gasteiger partial charge in [-0.3, -0.25) is 4.79 Å². The van der Waals surface area contributed by atoms with Gasteiger partial charge >= 0.3 is 0 Å². The molecule has 1 atom stereocenters. The van der Waals surface area contributed by atoms with Gasteiger partial charge in [0.1, 0.15) is 0 Å². The van der Waals surface area contributed by atoms with Crippen molar-refractivity contribution in [3.05, 3.63) is 12.2 Å². The predicted octanol–water partition coefficient (Wildman–Crippen LogP) is 6.40. The second kappa shape index (κ2) is 17.3. The van der Waals surface area contributed by atoms with Crippen LogP contribution in [0.3, 0.4) is 0 Å². The molecule has 0 radical (unpaired) electrons. The summed E-state index contributed by atoms with van der Waals surface area (Å²) in [6, 6.07) is 0.0895. The molecule has 0 unspecified atom stereocenters. The van der Waals surface area contributed by atoms with Crippen molar-refractivity contribution in [2.24, 2.45) is 0 Å². The van der Waals surface area contributed by atoms with E-state index < -0.39 is 0 Å². The molecule has 1 amide bonds. The lowest BCUT2D eigenvalue weighted by Crippen LogP contribution is -2.37. The fraction of sp³-hybridized carbons (Fsp3) is 0.875. The number of rotatable bonds is 17. The largest absolute Gasteiger partial charge is 0.394 e. The van der Waals surface area contributed by atoms with Crippen LogP contribution >= 0.6 is 0 Å². The number of hydrogen-bond acceptors (Lipinski definition) is 2. The van der Waals surface area contributed by atoms with Gasteiger partial charge in [-0.1, -0.05) is 76.9 Å². The Morgan fingerprint density at radius 1 is 0.889 bits per heavy atom. The minimum absolute atomic E-state index is 0.0895. The summed E-state index contributed by atoms with van der Waals surface area (Å²) in [4.78, 5) is 14.1. The molecule has 1 rings (SSSR count). The number of nitrogens with zero attached hydrogens (tertiary/aromatic N) is 1. The molecule has 3 nitrogen and oxygen atoms in total. The molecule has 1 aliphatic rings. The van der Waals surface area contributed by atoms with Gasteiger partial charge in [-0.05, 0) is 44.9 Å². The number of likely N-dealkylation sites (tertiary alicyclic amines) is 1. The number of carbonyl (C=O) groups excluding carboxylic acids is 1. The molecule has 1 saturated heterocycles. The molecule has 0 aromatic carbocycles. The molecular weight excluding hydrogens is 334 g/mol. The van der Waals surface area contributed by atoms with Crippen LogP contribution in [0.5, 0.6) is 0 Å². The van der Waals surface area contributed by atoms with E-state index >= 15 is 0 Å². The van der Waals surface area contributed by atoms with Gasteiger partial charge in [0.05, 0.1) is 12.6 Å². The van der Waals surface area contributed by atoms with Crippen molar-refractivity contribution in [2.45, 2.75) is 122 Å². The molecule has 0 saturated carbocycles. The molecular formula is C24H45NO2. The Bertz CT molecular complexity index is 381. The normalized spacial score (nSPS) is 17.3. The highest BCUT2D eigenvalue weighted by atomic mass is 16.3. The zero-order chi connectivity index (χ0) is 19.6. The molecule has 0 spiro atoms. The van der Waals surface area contributed by atoms with Gasteiger partial charge in [0.25, 0.3) is 0 Å². The number of amides is 1. The maximum Gasteiger partial charge on any atom is 0.222 e. The highest BCUT2D eigenvalue weighted by Crippen LogP contribution is 2.19. The van der Waals surface area contributed by atoms with E-state index in [4.69, 9.17) is 0 Å². The second-order valence-electron chi connectivity index (χ2n) is 8.25. The molecule has 158 valence electrons. The third-order valence-corrected chi connectivity index (χ3v) is 5.81. The average molecular weight is 380 g/mol. The standard InChI is InChI=1S/C24H45NO2/c1-2-3-4-5-6-7-8-9-10-11-12-13-14-15-16-17-20-24(27)25-21-18-19-23(25)22-26/h9-10,23,26H,2-8,11-22H2,1H3/t23-/m0/s1. The molecule has 1 N–H and O–H groups in total. The number of hydrogen-bond donors (Lipinski definition) is 1. The van der Waals surface area contributed by atoms with Crippen molar-refractivity contribution < 1.29 is 9.90 Å². The molecule has 1 fully saturated rings. The van der Waals surface area contributed by atoms with Crippen LogP contribution in [0.4, 0.5) is 0 Å². The Morgan fingerprint density at radius 2 is 1.44 bits per heavy atom. The number of unbranched alkanes of at least 4 members (excludes halogenated alkanes) is 12. The Morgan fingerprint density at radius 3 is 2.04 bits per heavy atom. The highest BCUT2D eigenvalue weighted by molar-refractivity contribution is 5.76. The predicted molar refractivity (Wildman–Crippen MR) is 116 cm³/mol. The van der Waals surface area contributed by atoms with Crippen molar-refractivity contribution in [3.8, 4) is 0 Å². The van der Waals surface area contributed by atoms with E-state index in [0.29, 0.717) is 6.42 Å². The van der Waals surface area contributed by atoms with E-state index in [0.717, 1.165) is 32.2 Å². The zero-order valence-corrected chi connectivity index (χ0v) is 18.0. The van der Waals surface area contributed by atoms with Crippen LogP contribution in [0.25, 0.3) is 0 Å². The lowest BCUT2D eigenvalue weighted by atomic mass is 10.1. The second-order valence-corrected chi connectivity index (χ2v) is 8.25. The summed E-state index contributed by atoms with van der Waals surface area (Å²) < 4.78 is 0. The summed E-state index contributed by atoms with van der Waals surface area (Å²) in [7, 11) is 0. The summed E-state index contributed by atoms with van der Waals surface area (Å²) in [5.41, 5.74) is 0. The maximum absolute atomic E-state index is 12.2. The number of aliphatic hydroxyl groups excluding tert-OH is 1. The molecule has 0 aromatic rings. The molecule has 0 bridgehead atoms. The summed E-state index contributed by atoms with van der Waals surface area (Å²) in [5.74, 6) is 0.252. The van der Waals surface area contributed by atoms with Gasteiger partial charge in [-0.15, -0.1) is 0 Å². The minimum atomic E-state index is 0.0895. The van der Waals surface area contributed by atoms with E-state index in [2.05, 4.69) is 19.1 Å². The molecule has 0 aromatic heterocycles. The van der Waals surface area contributed by atoms with Gasteiger partial charge in [0, 0.05) is 13.0 Å². The SMILES string of the molecule is CCCCCCCCC=CCCCCCCCCC(=O)N1CCC[C@H]1CO. The Hall–Kier alpha value is -0.830. The summed E-state index contributed by atoms with van der Waals surface area (Å²) in [6.45, 7) is 3.24. The number of aliphatic hydroxyl groups is 1. The average Bonchev–Trinajstić information content (AvgIpc) is 3.16. The first-order valence-corrected chi connectivity index (χ1v) is 11.8. The summed E-state index contributed by atoms with van der Waals surface area (Å²) in [6.07, 6.45) is 25.6. The van der Waals surface area contributed by atoms with Gasteiger partial charge in [0.15, 0.2) is 0 Å². The first-order valence-electron chi connectivity index (χ1n) is 11.8. The Kier molecular flexibility index (Phi) is 15.5. The Balaban J connectivity index is 1.82. The third kappa shape index (κ3) is 12.3. The molecule has 3 heteroatoms. The molecule has 27 heavy (non-hydrogen) atoms.